The summed E-state index contributed by atoms with van der Waals surface area (Å²) in [5.41, 5.74) is 1.43. The Morgan fingerprint density at radius 3 is 3.23 bits per heavy atom. The Morgan fingerprint density at radius 2 is 2.46 bits per heavy atom. The average Bonchev–Trinajstić information content (AvgIpc) is 2.29. The van der Waals surface area contributed by atoms with E-state index in [1.165, 1.54) is 17.2 Å². The molecule has 1 amide bonds. The fourth-order valence-electron chi connectivity index (χ4n) is 1.29. The first-order valence-electron chi connectivity index (χ1n) is 3.90. The van der Waals surface area contributed by atoms with Gasteiger partial charge in [-0.25, -0.2) is 4.68 Å². The fourth-order valence-corrected chi connectivity index (χ4v) is 1.29. The molecule has 13 heavy (non-hydrogen) atoms. The maximum absolute atomic E-state index is 11.1. The maximum atomic E-state index is 11.1. The smallest absolute Gasteiger partial charge is 0.231 e. The SMILES string of the molecule is Cc1c(O)cn2c1CC(=O)NC=N2. The van der Waals surface area contributed by atoms with Gasteiger partial charge in [0.25, 0.3) is 0 Å². The molecule has 5 nitrogen and oxygen atoms in total. The molecule has 1 aliphatic rings. The van der Waals surface area contributed by atoms with Gasteiger partial charge in [-0.3, -0.25) is 4.79 Å². The van der Waals surface area contributed by atoms with Gasteiger partial charge in [0.2, 0.25) is 5.91 Å². The minimum absolute atomic E-state index is 0.122. The second-order valence-corrected chi connectivity index (χ2v) is 2.92. The lowest BCUT2D eigenvalue weighted by atomic mass is 10.2. The van der Waals surface area contributed by atoms with Gasteiger partial charge in [-0.1, -0.05) is 0 Å². The highest BCUT2D eigenvalue weighted by Gasteiger charge is 2.16. The Morgan fingerprint density at radius 1 is 1.69 bits per heavy atom. The number of carbonyl (C=O) groups is 1. The number of aromatic hydroxyl groups is 1. The Bertz CT molecular complexity index is 392. The van der Waals surface area contributed by atoms with E-state index >= 15 is 0 Å². The van der Waals surface area contributed by atoms with Gasteiger partial charge in [0, 0.05) is 5.56 Å². The van der Waals surface area contributed by atoms with Gasteiger partial charge in [-0.15, -0.1) is 0 Å². The minimum Gasteiger partial charge on any atom is -0.506 e. The van der Waals surface area contributed by atoms with Gasteiger partial charge in [-0.05, 0) is 6.92 Å². The summed E-state index contributed by atoms with van der Waals surface area (Å²) in [5.74, 6) is 0.0468. The lowest BCUT2D eigenvalue weighted by molar-refractivity contribution is -0.118. The molecule has 0 radical (unpaired) electrons. The van der Waals surface area contributed by atoms with E-state index in [-0.39, 0.29) is 18.1 Å². The van der Waals surface area contributed by atoms with Crippen LogP contribution >= 0.6 is 0 Å². The van der Waals surface area contributed by atoms with Crippen molar-refractivity contribution in [3.8, 4) is 5.75 Å². The molecule has 0 bridgehead atoms. The summed E-state index contributed by atoms with van der Waals surface area (Å²) in [6.45, 7) is 1.76. The van der Waals surface area contributed by atoms with Crippen molar-refractivity contribution in [3.63, 3.8) is 0 Å². The Hall–Kier alpha value is -1.78. The molecule has 1 aromatic rings. The van der Waals surface area contributed by atoms with Gasteiger partial charge >= 0.3 is 0 Å². The third kappa shape index (κ3) is 1.18. The number of amides is 1. The van der Waals surface area contributed by atoms with Gasteiger partial charge < -0.3 is 10.4 Å². The normalized spacial score (nSPS) is 15.0. The second-order valence-electron chi connectivity index (χ2n) is 2.92. The summed E-state index contributed by atoms with van der Waals surface area (Å²) in [7, 11) is 0. The largest absolute Gasteiger partial charge is 0.506 e. The molecule has 2 rings (SSSR count). The Kier molecular flexibility index (Phi) is 1.58. The summed E-state index contributed by atoms with van der Waals surface area (Å²) < 4.78 is 1.50. The maximum Gasteiger partial charge on any atom is 0.231 e. The third-order valence-corrected chi connectivity index (χ3v) is 2.07. The molecule has 1 aromatic heterocycles. The van der Waals surface area contributed by atoms with Crippen molar-refractivity contribution in [2.45, 2.75) is 13.3 Å². The summed E-state index contributed by atoms with van der Waals surface area (Å²) >= 11 is 0. The first kappa shape index (κ1) is 7.85. The quantitative estimate of drug-likeness (QED) is 0.587. The predicted molar refractivity (Wildman–Crippen MR) is 46.6 cm³/mol. The molecule has 0 fully saturated rings. The Balaban J connectivity index is 2.55. The van der Waals surface area contributed by atoms with Crippen LogP contribution < -0.4 is 5.32 Å². The second kappa shape index (κ2) is 2.62. The summed E-state index contributed by atoms with van der Waals surface area (Å²) in [6.07, 6.45) is 3.05. The highest BCUT2D eigenvalue weighted by molar-refractivity contribution is 5.89. The van der Waals surface area contributed by atoms with Crippen LogP contribution in [0.2, 0.25) is 0 Å². The molecule has 0 unspecified atom stereocenters. The standard InChI is InChI=1S/C8H9N3O2/c1-5-6-2-8(13)9-4-10-11(6)3-7(5)12/h3-4,12H,2H2,1H3,(H,9,10,13). The molecule has 2 heterocycles. The number of rotatable bonds is 0. The number of carbonyl (C=O) groups excluding carboxylic acids is 1. The molecular weight excluding hydrogens is 170 g/mol. The summed E-state index contributed by atoms with van der Waals surface area (Å²) in [4.78, 5) is 11.1. The number of hydrogen-bond acceptors (Lipinski definition) is 3. The van der Waals surface area contributed by atoms with Crippen LogP contribution in [0.1, 0.15) is 11.3 Å². The lowest BCUT2D eigenvalue weighted by Crippen LogP contribution is -2.21. The molecule has 0 saturated heterocycles. The molecule has 0 atom stereocenters. The lowest BCUT2D eigenvalue weighted by Gasteiger charge is -1.98. The van der Waals surface area contributed by atoms with E-state index in [1.54, 1.807) is 6.92 Å². The molecule has 68 valence electrons. The van der Waals surface area contributed by atoms with E-state index in [9.17, 15) is 9.90 Å². The van der Waals surface area contributed by atoms with E-state index in [4.69, 9.17) is 0 Å². The molecule has 0 aliphatic carbocycles. The number of aromatic nitrogens is 1. The van der Waals surface area contributed by atoms with Gasteiger partial charge in [0.15, 0.2) is 0 Å². The van der Waals surface area contributed by atoms with E-state index < -0.39 is 0 Å². The number of fused-ring (bicyclic) bond motifs is 1. The van der Waals surface area contributed by atoms with Gasteiger partial charge in [-0.2, -0.15) is 5.10 Å². The van der Waals surface area contributed by atoms with Crippen molar-refractivity contribution >= 4 is 12.2 Å². The number of nitrogens with zero attached hydrogens (tertiary/aromatic N) is 2. The number of nitrogens with one attached hydrogen (secondary N) is 1. The van der Waals surface area contributed by atoms with Crippen molar-refractivity contribution in [1.82, 2.24) is 9.99 Å². The molecule has 5 heteroatoms. The third-order valence-electron chi connectivity index (χ3n) is 2.07. The molecular formula is C8H9N3O2. The zero-order valence-corrected chi connectivity index (χ0v) is 7.11. The molecule has 0 aromatic carbocycles. The zero-order chi connectivity index (χ0) is 9.42. The van der Waals surface area contributed by atoms with E-state index in [0.29, 0.717) is 5.56 Å². The minimum atomic E-state index is -0.122. The van der Waals surface area contributed by atoms with Crippen LogP contribution in [0.4, 0.5) is 0 Å². The van der Waals surface area contributed by atoms with E-state index in [2.05, 4.69) is 10.4 Å². The van der Waals surface area contributed by atoms with Crippen molar-refractivity contribution in [3.05, 3.63) is 17.5 Å². The average molecular weight is 179 g/mol. The van der Waals surface area contributed by atoms with Crippen LogP contribution in [0.3, 0.4) is 0 Å². The van der Waals surface area contributed by atoms with Crippen molar-refractivity contribution < 1.29 is 9.90 Å². The van der Waals surface area contributed by atoms with Crippen LogP contribution in [0.5, 0.6) is 5.75 Å². The highest BCUT2D eigenvalue weighted by Crippen LogP contribution is 2.23. The molecule has 0 spiro atoms. The van der Waals surface area contributed by atoms with Crippen LogP contribution in [0.15, 0.2) is 11.3 Å². The van der Waals surface area contributed by atoms with Crippen molar-refractivity contribution in [2.24, 2.45) is 5.10 Å². The first-order valence-corrected chi connectivity index (χ1v) is 3.90. The van der Waals surface area contributed by atoms with Crippen LogP contribution in [0.25, 0.3) is 0 Å². The number of hydrogen-bond donors (Lipinski definition) is 2. The van der Waals surface area contributed by atoms with Crippen LogP contribution in [-0.2, 0) is 11.2 Å². The highest BCUT2D eigenvalue weighted by atomic mass is 16.3. The summed E-state index contributed by atoms with van der Waals surface area (Å²) in [6, 6.07) is 0. The molecule has 0 saturated carbocycles. The summed E-state index contributed by atoms with van der Waals surface area (Å²) in [5, 5.41) is 15.8. The van der Waals surface area contributed by atoms with Gasteiger partial charge in [0.05, 0.1) is 18.3 Å². The van der Waals surface area contributed by atoms with Crippen LogP contribution in [-0.4, -0.2) is 22.0 Å². The monoisotopic (exact) mass is 179 g/mol. The fraction of sp³-hybridized carbons (Fsp3) is 0.250. The zero-order valence-electron chi connectivity index (χ0n) is 7.11. The van der Waals surface area contributed by atoms with Crippen molar-refractivity contribution in [1.29, 1.82) is 0 Å². The molecule has 2 N–H and O–H groups in total. The molecule has 1 aliphatic heterocycles. The van der Waals surface area contributed by atoms with Crippen molar-refractivity contribution in [2.75, 3.05) is 0 Å². The predicted octanol–water partition coefficient (Wildman–Crippen LogP) is -0.0342. The first-order chi connectivity index (χ1) is 6.18. The van der Waals surface area contributed by atoms with E-state index in [1.807, 2.05) is 0 Å². The van der Waals surface area contributed by atoms with Gasteiger partial charge in [0.1, 0.15) is 12.1 Å². The topological polar surface area (TPSA) is 66.6 Å². The Labute approximate surface area is 74.7 Å². The van der Waals surface area contributed by atoms with E-state index in [0.717, 1.165) is 5.69 Å². The van der Waals surface area contributed by atoms with Crippen LogP contribution in [0, 0.1) is 6.92 Å².